The number of imidazole rings is 1. The Morgan fingerprint density at radius 2 is 2.08 bits per heavy atom. The van der Waals surface area contributed by atoms with Crippen LogP contribution >= 0.6 is 23.8 Å². The molecule has 0 bridgehead atoms. The summed E-state index contributed by atoms with van der Waals surface area (Å²) in [7, 11) is 1.65. The van der Waals surface area contributed by atoms with E-state index in [1.807, 2.05) is 41.0 Å². The second-order valence-corrected chi connectivity index (χ2v) is 6.78. The average Bonchev–Trinajstić information content (AvgIpc) is 3.21. The van der Waals surface area contributed by atoms with E-state index in [4.69, 9.17) is 33.3 Å². The van der Waals surface area contributed by atoms with Crippen molar-refractivity contribution in [3.63, 3.8) is 0 Å². The summed E-state index contributed by atoms with van der Waals surface area (Å²) in [5.74, 6) is 0.475. The molecular weight excluding hydrogens is 360 g/mol. The summed E-state index contributed by atoms with van der Waals surface area (Å²) in [6.07, 6.45) is 4.59. The Kier molecular flexibility index (Phi) is 4.19. The van der Waals surface area contributed by atoms with Crippen molar-refractivity contribution in [1.29, 1.82) is 0 Å². The van der Waals surface area contributed by atoms with Crippen LogP contribution in [0.1, 0.15) is 12.0 Å². The van der Waals surface area contributed by atoms with E-state index in [9.17, 15) is 5.11 Å². The molecule has 25 heavy (non-hydrogen) atoms. The highest BCUT2D eigenvalue weighted by atomic mass is 35.5. The third-order valence-electron chi connectivity index (χ3n) is 4.40. The molecule has 1 aliphatic carbocycles. The average molecular weight is 377 g/mol. The van der Waals surface area contributed by atoms with Crippen molar-refractivity contribution in [2.75, 3.05) is 13.7 Å². The van der Waals surface area contributed by atoms with Crippen LogP contribution in [-0.4, -0.2) is 34.1 Å². The van der Waals surface area contributed by atoms with Crippen molar-refractivity contribution in [3.8, 4) is 11.8 Å². The number of rotatable bonds is 5. The van der Waals surface area contributed by atoms with Crippen LogP contribution in [0, 0.1) is 4.77 Å². The number of halogens is 1. The van der Waals surface area contributed by atoms with Gasteiger partial charge in [-0.15, -0.1) is 0 Å². The van der Waals surface area contributed by atoms with Crippen molar-refractivity contribution in [2.45, 2.75) is 19.1 Å². The van der Waals surface area contributed by atoms with Gasteiger partial charge in [0.25, 0.3) is 11.8 Å². The lowest BCUT2D eigenvalue weighted by Gasteiger charge is -2.07. The third kappa shape index (κ3) is 2.70. The van der Waals surface area contributed by atoms with Gasteiger partial charge in [-0.1, -0.05) is 23.7 Å². The molecule has 7 heteroatoms. The summed E-state index contributed by atoms with van der Waals surface area (Å²) in [6.45, 7) is 1.19. The second-order valence-electron chi connectivity index (χ2n) is 5.98. The lowest BCUT2D eigenvalue weighted by Crippen LogP contribution is -2.10. The maximum atomic E-state index is 10.4. The fourth-order valence-corrected chi connectivity index (χ4v) is 3.67. The quantitative estimate of drug-likeness (QED) is 0.630. The molecular formula is C18H17ClN2O3S. The smallest absolute Gasteiger partial charge is 0.264 e. The Hall–Kier alpha value is -2.02. The fraction of sp³-hybridized carbons (Fsp3) is 0.278. The Morgan fingerprint density at radius 1 is 1.32 bits per heavy atom. The number of aromatic hydroxyl groups is 1. The number of hydrogen-bond acceptors (Lipinski definition) is 4. The van der Waals surface area contributed by atoms with Crippen LogP contribution in [0.25, 0.3) is 11.3 Å². The lowest BCUT2D eigenvalue weighted by molar-refractivity contribution is 0.188. The first-order valence-corrected chi connectivity index (χ1v) is 8.78. The van der Waals surface area contributed by atoms with Gasteiger partial charge in [0.05, 0.1) is 5.70 Å². The zero-order chi connectivity index (χ0) is 17.6. The van der Waals surface area contributed by atoms with Gasteiger partial charge < -0.3 is 14.6 Å². The highest BCUT2D eigenvalue weighted by molar-refractivity contribution is 7.71. The molecule has 0 radical (unpaired) electrons. The Bertz CT molecular complexity index is 940. The molecule has 1 aromatic heterocycles. The summed E-state index contributed by atoms with van der Waals surface area (Å²) >= 11 is 11.5. The molecule has 0 fully saturated rings. The standard InChI is InChI=1S/C18H17ClN2O3S/c1-23-8-2-7-20-16(22)17-21(18(20)25)14-9-12(10-15(14)24-17)11-3-5-13(19)6-4-11/h3-6,9-10,15,22H,2,7-8H2,1H3. The monoisotopic (exact) mass is 376 g/mol. The molecule has 1 N–H and O–H groups in total. The van der Waals surface area contributed by atoms with Crippen LogP contribution in [0.3, 0.4) is 0 Å². The molecule has 2 aliphatic rings. The van der Waals surface area contributed by atoms with Gasteiger partial charge in [0, 0.05) is 25.3 Å². The largest absolute Gasteiger partial charge is 0.491 e. The molecule has 0 saturated heterocycles. The zero-order valence-corrected chi connectivity index (χ0v) is 15.2. The number of ether oxygens (including phenoxy) is 2. The van der Waals surface area contributed by atoms with Gasteiger partial charge >= 0.3 is 0 Å². The van der Waals surface area contributed by atoms with Crippen molar-refractivity contribution in [2.24, 2.45) is 0 Å². The number of aromatic nitrogens is 2. The molecule has 2 heterocycles. The van der Waals surface area contributed by atoms with Gasteiger partial charge in [-0.3, -0.25) is 9.13 Å². The highest BCUT2D eigenvalue weighted by Gasteiger charge is 2.36. The highest BCUT2D eigenvalue weighted by Crippen LogP contribution is 2.44. The predicted octanol–water partition coefficient (Wildman–Crippen LogP) is 4.11. The predicted molar refractivity (Wildman–Crippen MR) is 99.5 cm³/mol. The number of allylic oxidation sites excluding steroid dienone is 2. The van der Waals surface area contributed by atoms with Gasteiger partial charge in [-0.05, 0) is 54.1 Å². The zero-order valence-electron chi connectivity index (χ0n) is 13.6. The Labute approximate surface area is 155 Å². The summed E-state index contributed by atoms with van der Waals surface area (Å²) in [6, 6.07) is 7.67. The van der Waals surface area contributed by atoms with Crippen molar-refractivity contribution in [1.82, 2.24) is 9.13 Å². The Morgan fingerprint density at radius 3 is 2.80 bits per heavy atom. The van der Waals surface area contributed by atoms with Gasteiger partial charge in [0.2, 0.25) is 0 Å². The lowest BCUT2D eigenvalue weighted by atomic mass is 10.1. The van der Waals surface area contributed by atoms with E-state index >= 15 is 0 Å². The number of hydrogen-bond donors (Lipinski definition) is 1. The van der Waals surface area contributed by atoms with Gasteiger partial charge in [0.1, 0.15) is 0 Å². The first kappa shape index (κ1) is 16.4. The molecule has 0 amide bonds. The molecule has 2 aromatic rings. The molecule has 0 saturated carbocycles. The van der Waals surface area contributed by atoms with E-state index in [0.29, 0.717) is 28.8 Å². The number of methoxy groups -OCH3 is 1. The van der Waals surface area contributed by atoms with Crippen molar-refractivity contribution < 1.29 is 14.6 Å². The van der Waals surface area contributed by atoms with Crippen LogP contribution in [0.15, 0.2) is 36.4 Å². The second kappa shape index (κ2) is 6.37. The van der Waals surface area contributed by atoms with Crippen LogP contribution in [0.5, 0.6) is 11.8 Å². The first-order valence-electron chi connectivity index (χ1n) is 8.00. The normalized spacial score (nSPS) is 17.8. The molecule has 130 valence electrons. The molecule has 1 aromatic carbocycles. The fourth-order valence-electron chi connectivity index (χ4n) is 3.18. The summed E-state index contributed by atoms with van der Waals surface area (Å²) in [5.41, 5.74) is 3.04. The first-order chi connectivity index (χ1) is 12.1. The minimum atomic E-state index is -0.234. The molecule has 0 spiro atoms. The van der Waals surface area contributed by atoms with Crippen LogP contribution in [0.4, 0.5) is 0 Å². The Balaban J connectivity index is 1.67. The van der Waals surface area contributed by atoms with E-state index in [0.717, 1.165) is 23.3 Å². The van der Waals surface area contributed by atoms with E-state index < -0.39 is 0 Å². The summed E-state index contributed by atoms with van der Waals surface area (Å²) in [5, 5.41) is 11.1. The molecule has 4 rings (SSSR count). The van der Waals surface area contributed by atoms with Gasteiger partial charge in [-0.25, -0.2) is 0 Å². The number of nitrogens with zero attached hydrogens (tertiary/aromatic N) is 2. The molecule has 1 atom stereocenters. The maximum Gasteiger partial charge on any atom is 0.264 e. The number of benzene rings is 1. The van der Waals surface area contributed by atoms with E-state index in [2.05, 4.69) is 0 Å². The van der Waals surface area contributed by atoms with Gasteiger partial charge in [0.15, 0.2) is 10.9 Å². The maximum absolute atomic E-state index is 10.4. The third-order valence-corrected chi connectivity index (χ3v) is 5.06. The van der Waals surface area contributed by atoms with Crippen molar-refractivity contribution in [3.05, 3.63) is 51.8 Å². The molecule has 5 nitrogen and oxygen atoms in total. The summed E-state index contributed by atoms with van der Waals surface area (Å²) < 4.78 is 15.0. The van der Waals surface area contributed by atoms with Crippen molar-refractivity contribution >= 4 is 35.1 Å². The number of fused-ring (bicyclic) bond motifs is 3. The van der Waals surface area contributed by atoms with Crippen LogP contribution in [0.2, 0.25) is 5.02 Å². The SMILES string of the molecule is COCCCn1c(O)c2n(c1=S)C1=CC(c3ccc(Cl)cc3)=CC1O2. The van der Waals surface area contributed by atoms with Crippen LogP contribution < -0.4 is 4.74 Å². The molecule has 1 unspecified atom stereocenters. The van der Waals surface area contributed by atoms with Gasteiger partial charge in [-0.2, -0.15) is 0 Å². The minimum absolute atomic E-state index is 0.0674. The van der Waals surface area contributed by atoms with E-state index in [-0.39, 0.29) is 12.0 Å². The van der Waals surface area contributed by atoms with E-state index in [1.54, 1.807) is 11.7 Å². The molecule has 1 aliphatic heterocycles. The summed E-state index contributed by atoms with van der Waals surface area (Å²) in [4.78, 5) is 0. The van der Waals surface area contributed by atoms with E-state index in [1.165, 1.54) is 0 Å². The minimum Gasteiger partial charge on any atom is -0.491 e. The van der Waals surface area contributed by atoms with Crippen LogP contribution in [-0.2, 0) is 11.3 Å². The topological polar surface area (TPSA) is 48.5 Å².